The van der Waals surface area contributed by atoms with Crippen molar-refractivity contribution in [3.05, 3.63) is 56.5 Å². The summed E-state index contributed by atoms with van der Waals surface area (Å²) in [4.78, 5) is 12.7. The zero-order valence-electron chi connectivity index (χ0n) is 15.0. The van der Waals surface area contributed by atoms with Crippen LogP contribution in [0.25, 0.3) is 0 Å². The Balaban J connectivity index is 2.30. The SMILES string of the molecule is CC(C)Oc1ccc(Br)cc1C(=O)Oc1ccc(C(C)(C)C)cc1Br. The summed E-state index contributed by atoms with van der Waals surface area (Å²) in [6.45, 7) is 10.2. The average molecular weight is 470 g/mol. The lowest BCUT2D eigenvalue weighted by molar-refractivity contribution is 0.0727. The molecule has 0 heterocycles. The van der Waals surface area contributed by atoms with Gasteiger partial charge in [0.05, 0.1) is 10.6 Å². The van der Waals surface area contributed by atoms with Crippen LogP contribution in [0.4, 0.5) is 0 Å². The maximum atomic E-state index is 12.7. The number of hydrogen-bond acceptors (Lipinski definition) is 3. The zero-order valence-corrected chi connectivity index (χ0v) is 18.2. The number of hydrogen-bond donors (Lipinski definition) is 0. The first-order chi connectivity index (χ1) is 11.6. The summed E-state index contributed by atoms with van der Waals surface area (Å²) in [5, 5.41) is 0. The predicted octanol–water partition coefficient (Wildman–Crippen LogP) is 6.52. The van der Waals surface area contributed by atoms with Crippen LogP contribution in [0.5, 0.6) is 11.5 Å². The minimum atomic E-state index is -0.457. The second kappa shape index (κ2) is 7.92. The molecule has 0 amide bonds. The van der Waals surface area contributed by atoms with E-state index in [2.05, 4.69) is 52.6 Å². The summed E-state index contributed by atoms with van der Waals surface area (Å²) in [5.74, 6) is 0.528. The number of halogens is 2. The Morgan fingerprint density at radius 3 is 2.20 bits per heavy atom. The van der Waals surface area contributed by atoms with E-state index in [1.165, 1.54) is 0 Å². The Labute approximate surface area is 166 Å². The molecule has 0 aliphatic heterocycles. The van der Waals surface area contributed by atoms with E-state index in [0.717, 1.165) is 14.5 Å². The lowest BCUT2D eigenvalue weighted by atomic mass is 9.87. The first-order valence-corrected chi connectivity index (χ1v) is 9.65. The Morgan fingerprint density at radius 1 is 1.00 bits per heavy atom. The van der Waals surface area contributed by atoms with Crippen LogP contribution in [-0.2, 0) is 5.41 Å². The third kappa shape index (κ3) is 5.32. The maximum absolute atomic E-state index is 12.7. The van der Waals surface area contributed by atoms with Crippen LogP contribution in [0.3, 0.4) is 0 Å². The molecule has 0 fully saturated rings. The number of carbonyl (C=O) groups excluding carboxylic acids is 1. The van der Waals surface area contributed by atoms with Gasteiger partial charge < -0.3 is 9.47 Å². The van der Waals surface area contributed by atoms with Crippen LogP contribution in [0, 0.1) is 0 Å². The van der Waals surface area contributed by atoms with Crippen LogP contribution in [0.15, 0.2) is 45.3 Å². The van der Waals surface area contributed by atoms with E-state index >= 15 is 0 Å². The summed E-state index contributed by atoms with van der Waals surface area (Å²) in [7, 11) is 0. The molecule has 0 aliphatic rings. The second-order valence-corrected chi connectivity index (χ2v) is 8.86. The summed E-state index contributed by atoms with van der Waals surface area (Å²) in [6.07, 6.45) is -0.0365. The largest absolute Gasteiger partial charge is 0.490 e. The van der Waals surface area contributed by atoms with Gasteiger partial charge in [0.1, 0.15) is 17.1 Å². The fourth-order valence-electron chi connectivity index (χ4n) is 2.22. The third-order valence-electron chi connectivity index (χ3n) is 3.52. The minimum Gasteiger partial charge on any atom is -0.490 e. The highest BCUT2D eigenvalue weighted by atomic mass is 79.9. The van der Waals surface area contributed by atoms with Gasteiger partial charge in [-0.1, -0.05) is 42.8 Å². The lowest BCUT2D eigenvalue weighted by Crippen LogP contribution is -2.15. The van der Waals surface area contributed by atoms with Gasteiger partial charge in [0.25, 0.3) is 0 Å². The van der Waals surface area contributed by atoms with E-state index in [-0.39, 0.29) is 11.5 Å². The summed E-state index contributed by atoms with van der Waals surface area (Å²) < 4.78 is 12.8. The summed E-state index contributed by atoms with van der Waals surface area (Å²) in [5.41, 5.74) is 1.56. The molecule has 3 nitrogen and oxygen atoms in total. The molecule has 0 saturated heterocycles. The molecule has 2 aromatic carbocycles. The molecule has 25 heavy (non-hydrogen) atoms. The van der Waals surface area contributed by atoms with E-state index in [0.29, 0.717) is 17.1 Å². The van der Waals surface area contributed by atoms with Crippen LogP contribution in [-0.4, -0.2) is 12.1 Å². The lowest BCUT2D eigenvalue weighted by Gasteiger charge is -2.20. The van der Waals surface area contributed by atoms with E-state index in [9.17, 15) is 4.79 Å². The fourth-order valence-corrected chi connectivity index (χ4v) is 3.04. The van der Waals surface area contributed by atoms with Gasteiger partial charge in [0.2, 0.25) is 0 Å². The Kier molecular flexibility index (Phi) is 6.33. The van der Waals surface area contributed by atoms with Crippen molar-refractivity contribution < 1.29 is 14.3 Å². The van der Waals surface area contributed by atoms with Crippen molar-refractivity contribution in [2.75, 3.05) is 0 Å². The number of esters is 1. The molecule has 2 aromatic rings. The summed E-state index contributed by atoms with van der Waals surface area (Å²) >= 11 is 6.89. The highest BCUT2D eigenvalue weighted by molar-refractivity contribution is 9.10. The monoisotopic (exact) mass is 468 g/mol. The van der Waals surface area contributed by atoms with Crippen molar-refractivity contribution in [3.63, 3.8) is 0 Å². The van der Waals surface area contributed by atoms with Crippen LogP contribution < -0.4 is 9.47 Å². The number of carbonyl (C=O) groups is 1. The van der Waals surface area contributed by atoms with Gasteiger partial charge >= 0.3 is 5.97 Å². The van der Waals surface area contributed by atoms with Gasteiger partial charge in [-0.3, -0.25) is 0 Å². The van der Waals surface area contributed by atoms with E-state index in [4.69, 9.17) is 9.47 Å². The molecule has 0 saturated carbocycles. The molecule has 0 N–H and O–H groups in total. The zero-order chi connectivity index (χ0) is 18.8. The van der Waals surface area contributed by atoms with E-state index in [1.807, 2.05) is 38.1 Å². The highest BCUT2D eigenvalue weighted by Gasteiger charge is 2.20. The molecule has 0 spiro atoms. The molecule has 0 aliphatic carbocycles. The molecule has 134 valence electrons. The summed E-state index contributed by atoms with van der Waals surface area (Å²) in [6, 6.07) is 11.1. The Bertz CT molecular complexity index is 777. The normalized spacial score (nSPS) is 11.5. The Hall–Kier alpha value is -1.33. The van der Waals surface area contributed by atoms with Crippen LogP contribution in [0.2, 0.25) is 0 Å². The number of benzene rings is 2. The van der Waals surface area contributed by atoms with Crippen molar-refractivity contribution in [3.8, 4) is 11.5 Å². The van der Waals surface area contributed by atoms with Gasteiger partial charge in [0, 0.05) is 4.47 Å². The quantitative estimate of drug-likeness (QED) is 0.377. The maximum Gasteiger partial charge on any atom is 0.347 e. The number of rotatable bonds is 4. The molecular formula is C20H22Br2O3. The van der Waals surface area contributed by atoms with Crippen molar-refractivity contribution in [2.24, 2.45) is 0 Å². The Morgan fingerprint density at radius 2 is 1.64 bits per heavy atom. The minimum absolute atomic E-state index is 0.0215. The number of ether oxygens (including phenoxy) is 2. The van der Waals surface area contributed by atoms with Gasteiger partial charge in [-0.05, 0) is 71.1 Å². The molecule has 0 radical (unpaired) electrons. The van der Waals surface area contributed by atoms with Gasteiger partial charge in [-0.25, -0.2) is 4.79 Å². The first-order valence-electron chi connectivity index (χ1n) is 8.06. The average Bonchev–Trinajstić information content (AvgIpc) is 2.49. The van der Waals surface area contributed by atoms with E-state index < -0.39 is 5.97 Å². The molecule has 0 aromatic heterocycles. The molecule has 5 heteroatoms. The topological polar surface area (TPSA) is 35.5 Å². The molecular weight excluding hydrogens is 448 g/mol. The van der Waals surface area contributed by atoms with E-state index in [1.54, 1.807) is 12.1 Å². The van der Waals surface area contributed by atoms with Crippen molar-refractivity contribution >= 4 is 37.8 Å². The van der Waals surface area contributed by atoms with Gasteiger partial charge in [0.15, 0.2) is 0 Å². The van der Waals surface area contributed by atoms with Crippen molar-refractivity contribution in [1.82, 2.24) is 0 Å². The van der Waals surface area contributed by atoms with Crippen molar-refractivity contribution in [2.45, 2.75) is 46.1 Å². The predicted molar refractivity (Wildman–Crippen MR) is 108 cm³/mol. The third-order valence-corrected chi connectivity index (χ3v) is 4.64. The fraction of sp³-hybridized carbons (Fsp3) is 0.350. The second-order valence-electron chi connectivity index (χ2n) is 7.09. The van der Waals surface area contributed by atoms with Crippen LogP contribution >= 0.6 is 31.9 Å². The smallest absolute Gasteiger partial charge is 0.347 e. The molecule has 0 unspecified atom stereocenters. The first kappa shape index (κ1) is 20.0. The molecule has 0 bridgehead atoms. The van der Waals surface area contributed by atoms with Gasteiger partial charge in [-0.15, -0.1) is 0 Å². The highest BCUT2D eigenvalue weighted by Crippen LogP contribution is 2.33. The molecule has 0 atom stereocenters. The van der Waals surface area contributed by atoms with Crippen LogP contribution in [0.1, 0.15) is 50.5 Å². The van der Waals surface area contributed by atoms with Gasteiger partial charge in [-0.2, -0.15) is 0 Å². The standard InChI is InChI=1S/C20H22Br2O3/c1-12(2)24-17-9-7-14(21)11-15(17)19(23)25-18-8-6-13(10-16(18)22)20(3,4)5/h6-12H,1-5H3. The van der Waals surface area contributed by atoms with Crippen molar-refractivity contribution in [1.29, 1.82) is 0 Å². The molecule has 2 rings (SSSR count).